The van der Waals surface area contributed by atoms with Crippen molar-refractivity contribution in [2.45, 2.75) is 38.5 Å². The van der Waals surface area contributed by atoms with Gasteiger partial charge in [0.05, 0.1) is 14.6 Å². The van der Waals surface area contributed by atoms with E-state index in [0.29, 0.717) is 0 Å². The van der Waals surface area contributed by atoms with E-state index in [1.165, 1.54) is 0 Å². The first-order valence-electron chi connectivity index (χ1n) is 5.07. The van der Waals surface area contributed by atoms with Crippen LogP contribution >= 0.6 is 104 Å². The van der Waals surface area contributed by atoms with Gasteiger partial charge in [-0.25, -0.2) is 0 Å². The van der Waals surface area contributed by atoms with Crippen LogP contribution in [0, 0.1) is 5.92 Å². The molecule has 0 aromatic carbocycles. The van der Waals surface area contributed by atoms with Crippen molar-refractivity contribution in [3.63, 3.8) is 0 Å². The van der Waals surface area contributed by atoms with Crippen LogP contribution in [-0.2, 0) is 0 Å². The molecular weight excluding hydrogens is 427 g/mol. The predicted octanol–water partition coefficient (Wildman–Crippen LogP) is 4.69. The van der Waals surface area contributed by atoms with Crippen LogP contribution in [0.25, 0.3) is 0 Å². The molecule has 2 bridgehead atoms. The van der Waals surface area contributed by atoms with Gasteiger partial charge in [-0.1, -0.05) is 23.2 Å². The number of hydrogen-bond donors (Lipinski definition) is 0. The molecule has 4 unspecified atom stereocenters. The summed E-state index contributed by atoms with van der Waals surface area (Å²) in [6, 6.07) is 0. The summed E-state index contributed by atoms with van der Waals surface area (Å²) in [7, 11) is 0. The van der Waals surface area contributed by atoms with Crippen molar-refractivity contribution in [3.05, 3.63) is 0 Å². The minimum Gasteiger partial charge on any atom is -0.115 e. The molecule has 0 radical (unpaired) electrons. The van der Waals surface area contributed by atoms with E-state index in [1.54, 1.807) is 0 Å². The van der Waals surface area contributed by atoms with Gasteiger partial charge in [0.2, 0.25) is 0 Å². The molecule has 0 spiro atoms. The quantitative estimate of drug-likeness (QED) is 0.492. The molecule has 0 aliphatic heterocycles. The Labute approximate surface area is 147 Å². The number of alkyl halides is 9. The van der Waals surface area contributed by atoms with Gasteiger partial charge in [-0.05, 0) is 0 Å². The SMILES string of the molecule is ClC1(Cl)C2(Cl)C3(Cl)C4C2(Cl)C2(Cl)C4(Cl)C3(Cl)C12Cl. The molecular formula is C9HCl9. The zero-order chi connectivity index (χ0) is 13.6. The van der Waals surface area contributed by atoms with Gasteiger partial charge in [0.15, 0.2) is 4.33 Å². The predicted molar refractivity (Wildman–Crippen MR) is 78.0 cm³/mol. The Balaban J connectivity index is 1.99. The lowest BCUT2D eigenvalue weighted by Crippen LogP contribution is -3.21. The second kappa shape index (κ2) is 2.36. The summed E-state index contributed by atoms with van der Waals surface area (Å²) in [4.78, 5) is -8.63. The molecule has 0 N–H and O–H groups in total. The van der Waals surface area contributed by atoms with Crippen molar-refractivity contribution in [1.29, 1.82) is 0 Å². The lowest BCUT2D eigenvalue weighted by molar-refractivity contribution is -0.267. The fraction of sp³-hybridized carbons (Fsp3) is 1.00. The Morgan fingerprint density at radius 3 is 1.17 bits per heavy atom. The van der Waals surface area contributed by atoms with E-state index < -0.39 is 38.5 Å². The summed E-state index contributed by atoms with van der Waals surface area (Å²) in [6.45, 7) is 0. The van der Waals surface area contributed by atoms with Gasteiger partial charge in [0, 0.05) is 5.92 Å². The van der Waals surface area contributed by atoms with Crippen LogP contribution in [0.15, 0.2) is 0 Å². The normalized spacial score (nSPS) is 87.5. The molecule has 0 nitrogen and oxygen atoms in total. The molecule has 6 aliphatic carbocycles. The van der Waals surface area contributed by atoms with Crippen molar-refractivity contribution < 1.29 is 0 Å². The van der Waals surface area contributed by atoms with E-state index in [1.807, 2.05) is 0 Å². The largest absolute Gasteiger partial charge is 0.163 e. The molecule has 100 valence electrons. The minimum absolute atomic E-state index is 0.346. The van der Waals surface area contributed by atoms with Crippen LogP contribution in [0.5, 0.6) is 0 Å². The molecule has 0 aromatic heterocycles. The highest BCUT2D eigenvalue weighted by atomic mass is 35.5. The Hall–Kier alpha value is 2.61. The molecule has 0 aromatic rings. The third-order valence-corrected chi connectivity index (χ3v) is 14.2. The van der Waals surface area contributed by atoms with Crippen molar-refractivity contribution in [1.82, 2.24) is 0 Å². The van der Waals surface area contributed by atoms with Crippen molar-refractivity contribution in [2.75, 3.05) is 0 Å². The van der Waals surface area contributed by atoms with Gasteiger partial charge >= 0.3 is 0 Å². The van der Waals surface area contributed by atoms with Crippen molar-refractivity contribution in [2.24, 2.45) is 5.92 Å². The van der Waals surface area contributed by atoms with Crippen LogP contribution in [0.4, 0.5) is 0 Å². The molecule has 18 heavy (non-hydrogen) atoms. The van der Waals surface area contributed by atoms with Crippen LogP contribution in [0.3, 0.4) is 0 Å². The number of rotatable bonds is 0. The number of hydrogen-bond acceptors (Lipinski definition) is 0. The molecule has 6 aliphatic rings. The summed E-state index contributed by atoms with van der Waals surface area (Å²) < 4.78 is -1.65. The topological polar surface area (TPSA) is 0 Å². The summed E-state index contributed by atoms with van der Waals surface area (Å²) in [5.41, 5.74) is 0. The summed E-state index contributed by atoms with van der Waals surface area (Å²) in [5, 5.41) is 0. The maximum Gasteiger partial charge on any atom is 0.163 e. The fourth-order valence-electron chi connectivity index (χ4n) is 5.59. The van der Waals surface area contributed by atoms with Crippen molar-refractivity contribution in [3.8, 4) is 0 Å². The molecule has 0 saturated heterocycles. The third-order valence-electron chi connectivity index (χ3n) is 6.02. The first-order chi connectivity index (χ1) is 7.87. The highest BCUT2D eigenvalue weighted by molar-refractivity contribution is 6.77. The van der Waals surface area contributed by atoms with E-state index >= 15 is 0 Å². The molecule has 4 atom stereocenters. The smallest absolute Gasteiger partial charge is 0.115 e. The van der Waals surface area contributed by atoms with Gasteiger partial charge in [0.25, 0.3) is 0 Å². The zero-order valence-electron chi connectivity index (χ0n) is 7.98. The minimum atomic E-state index is -1.65. The van der Waals surface area contributed by atoms with Gasteiger partial charge in [-0.15, -0.1) is 81.2 Å². The maximum absolute atomic E-state index is 6.61. The molecule has 6 saturated carbocycles. The molecule has 6 fully saturated rings. The Morgan fingerprint density at radius 2 is 0.778 bits per heavy atom. The van der Waals surface area contributed by atoms with Crippen LogP contribution in [0.2, 0.25) is 0 Å². The first-order valence-corrected chi connectivity index (χ1v) is 8.47. The van der Waals surface area contributed by atoms with E-state index in [2.05, 4.69) is 0 Å². The Bertz CT molecular complexity index is 545. The number of halogens is 9. The van der Waals surface area contributed by atoms with Gasteiger partial charge < -0.3 is 0 Å². The van der Waals surface area contributed by atoms with Crippen LogP contribution in [-0.4, -0.2) is 38.5 Å². The van der Waals surface area contributed by atoms with Gasteiger partial charge in [0.1, 0.15) is 19.5 Å². The summed E-state index contributed by atoms with van der Waals surface area (Å²) >= 11 is 59.0. The van der Waals surface area contributed by atoms with E-state index in [4.69, 9.17) is 104 Å². The monoisotopic (exact) mass is 424 g/mol. The van der Waals surface area contributed by atoms with E-state index in [-0.39, 0.29) is 5.92 Å². The molecule has 9 heteroatoms. The van der Waals surface area contributed by atoms with Gasteiger partial charge in [-0.3, -0.25) is 0 Å². The highest BCUT2D eigenvalue weighted by Crippen LogP contribution is 3.14. The van der Waals surface area contributed by atoms with E-state index in [9.17, 15) is 0 Å². The van der Waals surface area contributed by atoms with Crippen LogP contribution < -0.4 is 0 Å². The van der Waals surface area contributed by atoms with Crippen LogP contribution in [0.1, 0.15) is 0 Å². The molecule has 0 heterocycles. The molecule has 0 amide bonds. The first kappa shape index (κ1) is 13.1. The lowest BCUT2D eigenvalue weighted by atomic mass is 9.17. The van der Waals surface area contributed by atoms with E-state index in [0.717, 1.165) is 0 Å². The molecule has 6 rings (SSSR count). The fourth-order valence-corrected chi connectivity index (χ4v) is 13.6. The summed E-state index contributed by atoms with van der Waals surface area (Å²) in [5.74, 6) is -0.346. The third kappa shape index (κ3) is 0.472. The average Bonchev–Trinajstić information content (AvgIpc) is 2.34. The maximum atomic E-state index is 6.61. The standard InChI is InChI=1S/C9HCl9/c10-2-1-3(11)5(2,13)8(16)6(2,14)4(1,12)7(3,15)9(8,17)18/h1H. The summed E-state index contributed by atoms with van der Waals surface area (Å²) in [6.07, 6.45) is 0. The highest BCUT2D eigenvalue weighted by Gasteiger charge is 3.31. The van der Waals surface area contributed by atoms with Gasteiger partial charge in [-0.2, -0.15) is 0 Å². The van der Waals surface area contributed by atoms with Crippen molar-refractivity contribution >= 4 is 104 Å². The Kier molecular flexibility index (Phi) is 1.72. The zero-order valence-corrected chi connectivity index (χ0v) is 14.8. The second-order valence-electron chi connectivity index (χ2n) is 5.78. The Morgan fingerprint density at radius 1 is 0.444 bits per heavy atom. The average molecular weight is 428 g/mol. The lowest BCUT2D eigenvalue weighted by Gasteiger charge is -3.01. The second-order valence-corrected chi connectivity index (χ2v) is 11.2.